The van der Waals surface area contributed by atoms with Crippen LogP contribution in [0.15, 0.2) is 108 Å². The second kappa shape index (κ2) is 15.8. The molecule has 4 rings (SSSR count). The van der Waals surface area contributed by atoms with Gasteiger partial charge >= 0.3 is 0 Å². The van der Waals surface area contributed by atoms with Gasteiger partial charge in [0.1, 0.15) is 18.3 Å². The number of methoxy groups -OCH3 is 1. The highest BCUT2D eigenvalue weighted by atomic mass is 35.5. The summed E-state index contributed by atoms with van der Waals surface area (Å²) in [6.07, 6.45) is 0.238. The van der Waals surface area contributed by atoms with Gasteiger partial charge in [-0.15, -0.1) is 0 Å². The second-order valence-corrected chi connectivity index (χ2v) is 13.8. The number of anilines is 1. The molecule has 0 bridgehead atoms. The third-order valence-corrected chi connectivity index (χ3v) is 9.55. The smallest absolute Gasteiger partial charge is 0.264 e. The SMILES string of the molecule is COc1ccc(N(CC(=O)N(Cc2ccc(C)cc2)C(Cc2ccccc2)C(=O)NCC(C)C)S(=O)(=O)c2ccccc2)cc1Cl. The average Bonchev–Trinajstić information content (AvgIpc) is 3.05. The van der Waals surface area contributed by atoms with Crippen molar-refractivity contribution in [2.45, 2.75) is 44.7 Å². The Hall–Kier alpha value is -4.34. The molecule has 0 aliphatic heterocycles. The monoisotopic (exact) mass is 661 g/mol. The molecule has 0 spiro atoms. The lowest BCUT2D eigenvalue weighted by Gasteiger charge is -2.34. The van der Waals surface area contributed by atoms with Crippen LogP contribution >= 0.6 is 11.6 Å². The Morgan fingerprint density at radius 1 is 0.870 bits per heavy atom. The first kappa shape index (κ1) is 34.5. The first-order valence-electron chi connectivity index (χ1n) is 15.1. The Labute approximate surface area is 277 Å². The fourth-order valence-corrected chi connectivity index (χ4v) is 6.60. The minimum absolute atomic E-state index is 0.00957. The van der Waals surface area contributed by atoms with Crippen molar-refractivity contribution in [3.63, 3.8) is 0 Å². The van der Waals surface area contributed by atoms with Gasteiger partial charge in [-0.3, -0.25) is 13.9 Å². The molecule has 0 heterocycles. The Bertz CT molecular complexity index is 1720. The maximum Gasteiger partial charge on any atom is 0.264 e. The van der Waals surface area contributed by atoms with Crippen molar-refractivity contribution in [2.75, 3.05) is 24.5 Å². The Morgan fingerprint density at radius 2 is 1.50 bits per heavy atom. The first-order valence-corrected chi connectivity index (χ1v) is 16.9. The largest absolute Gasteiger partial charge is 0.495 e. The van der Waals surface area contributed by atoms with Gasteiger partial charge in [-0.25, -0.2) is 8.42 Å². The normalized spacial score (nSPS) is 12.0. The fourth-order valence-electron chi connectivity index (χ4n) is 4.93. The molecule has 46 heavy (non-hydrogen) atoms. The quantitative estimate of drug-likeness (QED) is 0.172. The molecule has 0 saturated carbocycles. The molecule has 4 aromatic rings. The van der Waals surface area contributed by atoms with Gasteiger partial charge in [0.15, 0.2) is 0 Å². The Kier molecular flexibility index (Phi) is 11.8. The molecular formula is C36H40ClN3O5S. The van der Waals surface area contributed by atoms with Gasteiger partial charge in [-0.1, -0.05) is 104 Å². The standard InChI is InChI=1S/C36H40ClN3O5S/c1-26(2)23-38-36(42)33(21-28-11-7-5-8-12-28)39(24-29-17-15-27(3)16-18-29)35(41)25-40(30-19-20-34(45-4)32(37)22-30)46(43,44)31-13-9-6-10-14-31/h5-20,22,26,33H,21,23-25H2,1-4H3,(H,38,42). The lowest BCUT2D eigenvalue weighted by molar-refractivity contribution is -0.140. The number of aryl methyl sites for hydroxylation is 1. The van der Waals surface area contributed by atoms with E-state index in [-0.39, 0.29) is 40.4 Å². The molecule has 4 aromatic carbocycles. The topological polar surface area (TPSA) is 96.0 Å². The van der Waals surface area contributed by atoms with E-state index in [2.05, 4.69) is 5.32 Å². The molecule has 0 fully saturated rings. The number of ether oxygens (including phenoxy) is 1. The summed E-state index contributed by atoms with van der Waals surface area (Å²) in [7, 11) is -2.78. The van der Waals surface area contributed by atoms with E-state index in [1.807, 2.05) is 75.4 Å². The van der Waals surface area contributed by atoms with Crippen molar-refractivity contribution < 1.29 is 22.7 Å². The van der Waals surface area contributed by atoms with Crippen LogP contribution in [0.4, 0.5) is 5.69 Å². The summed E-state index contributed by atoms with van der Waals surface area (Å²) in [5.74, 6) is -0.316. The van der Waals surface area contributed by atoms with E-state index in [1.54, 1.807) is 30.3 Å². The van der Waals surface area contributed by atoms with Gasteiger partial charge in [0.2, 0.25) is 11.8 Å². The zero-order chi connectivity index (χ0) is 33.3. The van der Waals surface area contributed by atoms with Gasteiger partial charge in [-0.2, -0.15) is 0 Å². The van der Waals surface area contributed by atoms with E-state index in [4.69, 9.17) is 16.3 Å². The van der Waals surface area contributed by atoms with Crippen molar-refractivity contribution >= 4 is 39.1 Å². The van der Waals surface area contributed by atoms with Gasteiger partial charge in [-0.05, 0) is 54.3 Å². The van der Waals surface area contributed by atoms with Crippen LogP contribution in [0.25, 0.3) is 0 Å². The number of hydrogen-bond acceptors (Lipinski definition) is 5. The molecular weight excluding hydrogens is 622 g/mol. The molecule has 8 nitrogen and oxygen atoms in total. The molecule has 0 aromatic heterocycles. The van der Waals surface area contributed by atoms with Gasteiger partial charge in [0.25, 0.3) is 10.0 Å². The van der Waals surface area contributed by atoms with Gasteiger partial charge in [0.05, 0.1) is 22.7 Å². The number of nitrogens with one attached hydrogen (secondary N) is 1. The molecule has 10 heteroatoms. The number of nitrogens with zero attached hydrogens (tertiary/aromatic N) is 2. The van der Waals surface area contributed by atoms with Crippen molar-refractivity contribution in [3.05, 3.63) is 125 Å². The number of carbonyl (C=O) groups excluding carboxylic acids is 2. The summed E-state index contributed by atoms with van der Waals surface area (Å²) in [5.41, 5.74) is 2.90. The van der Waals surface area contributed by atoms with Crippen LogP contribution in [-0.2, 0) is 32.6 Å². The van der Waals surface area contributed by atoms with Crippen molar-refractivity contribution in [1.29, 1.82) is 0 Å². The van der Waals surface area contributed by atoms with Crippen molar-refractivity contribution in [2.24, 2.45) is 5.92 Å². The maximum absolute atomic E-state index is 14.5. The summed E-state index contributed by atoms with van der Waals surface area (Å²) >= 11 is 6.44. The highest BCUT2D eigenvalue weighted by molar-refractivity contribution is 7.92. The third-order valence-electron chi connectivity index (χ3n) is 7.46. The van der Waals surface area contributed by atoms with Crippen LogP contribution in [0.3, 0.4) is 0 Å². The molecule has 2 amide bonds. The second-order valence-electron chi connectivity index (χ2n) is 11.5. The van der Waals surface area contributed by atoms with E-state index >= 15 is 0 Å². The maximum atomic E-state index is 14.5. The highest BCUT2D eigenvalue weighted by Crippen LogP contribution is 2.32. The highest BCUT2D eigenvalue weighted by Gasteiger charge is 2.35. The van der Waals surface area contributed by atoms with Crippen molar-refractivity contribution in [1.82, 2.24) is 10.2 Å². The molecule has 1 atom stereocenters. The van der Waals surface area contributed by atoms with E-state index in [0.717, 1.165) is 21.0 Å². The first-order chi connectivity index (χ1) is 22.0. The predicted octanol–water partition coefficient (Wildman–Crippen LogP) is 6.26. The molecule has 242 valence electrons. The Balaban J connectivity index is 1.81. The summed E-state index contributed by atoms with van der Waals surface area (Å²) in [6, 6.07) is 28.7. The van der Waals surface area contributed by atoms with Crippen molar-refractivity contribution in [3.8, 4) is 5.75 Å². The average molecular weight is 662 g/mol. The molecule has 0 radical (unpaired) electrons. The number of amides is 2. The minimum Gasteiger partial charge on any atom is -0.495 e. The number of sulfonamides is 1. The number of rotatable bonds is 14. The predicted molar refractivity (Wildman–Crippen MR) is 182 cm³/mol. The summed E-state index contributed by atoms with van der Waals surface area (Å²) in [5, 5.41) is 3.19. The molecule has 1 N–H and O–H groups in total. The number of hydrogen-bond donors (Lipinski definition) is 1. The van der Waals surface area contributed by atoms with Crippen LogP contribution in [-0.4, -0.2) is 51.4 Å². The number of carbonyl (C=O) groups is 2. The fraction of sp³-hybridized carbons (Fsp3) is 0.278. The molecule has 0 aliphatic carbocycles. The van der Waals surface area contributed by atoms with Crippen LogP contribution < -0.4 is 14.4 Å². The van der Waals surface area contributed by atoms with Gasteiger partial charge < -0.3 is 15.0 Å². The van der Waals surface area contributed by atoms with E-state index < -0.39 is 28.5 Å². The zero-order valence-electron chi connectivity index (χ0n) is 26.5. The molecule has 0 aliphatic rings. The molecule has 1 unspecified atom stereocenters. The van der Waals surface area contributed by atoms with Crippen LogP contribution in [0.1, 0.15) is 30.5 Å². The van der Waals surface area contributed by atoms with Gasteiger partial charge in [0, 0.05) is 19.5 Å². The summed E-state index contributed by atoms with van der Waals surface area (Å²) in [4.78, 5) is 29.9. The number of benzene rings is 4. The lowest BCUT2D eigenvalue weighted by atomic mass is 10.0. The lowest BCUT2D eigenvalue weighted by Crippen LogP contribution is -2.53. The minimum atomic E-state index is -4.24. The van der Waals surface area contributed by atoms with E-state index in [9.17, 15) is 18.0 Å². The third kappa shape index (κ3) is 8.89. The summed E-state index contributed by atoms with van der Waals surface area (Å²) in [6.45, 7) is 5.90. The van der Waals surface area contributed by atoms with E-state index in [0.29, 0.717) is 12.3 Å². The molecule has 0 saturated heterocycles. The number of halogens is 1. The Morgan fingerprint density at radius 3 is 2.09 bits per heavy atom. The van der Waals surface area contributed by atoms with E-state index in [1.165, 1.54) is 30.2 Å². The van der Waals surface area contributed by atoms with Crippen LogP contribution in [0, 0.1) is 12.8 Å². The van der Waals surface area contributed by atoms with Crippen LogP contribution in [0.2, 0.25) is 5.02 Å². The summed E-state index contributed by atoms with van der Waals surface area (Å²) < 4.78 is 34.6. The zero-order valence-corrected chi connectivity index (χ0v) is 28.1. The van der Waals surface area contributed by atoms with Crippen LogP contribution in [0.5, 0.6) is 5.75 Å².